The van der Waals surface area contributed by atoms with Crippen molar-refractivity contribution < 1.29 is 14.3 Å². The topological polar surface area (TPSA) is 94.4 Å². The number of hydrogen-bond acceptors (Lipinski definition) is 6. The highest BCUT2D eigenvalue weighted by Crippen LogP contribution is 2.29. The number of anilines is 1. The van der Waals surface area contributed by atoms with Crippen molar-refractivity contribution in [3.8, 4) is 0 Å². The molecule has 0 radical (unpaired) electrons. The van der Waals surface area contributed by atoms with E-state index in [1.165, 1.54) is 0 Å². The van der Waals surface area contributed by atoms with E-state index in [9.17, 15) is 14.4 Å². The summed E-state index contributed by atoms with van der Waals surface area (Å²) >= 11 is 0. The van der Waals surface area contributed by atoms with E-state index in [-0.39, 0.29) is 31.2 Å². The number of nitrogens with zero attached hydrogens (tertiary/aromatic N) is 4. The average Bonchev–Trinajstić information content (AvgIpc) is 3.11. The predicted octanol–water partition coefficient (Wildman–Crippen LogP) is 1.96. The van der Waals surface area contributed by atoms with E-state index < -0.39 is 11.9 Å². The van der Waals surface area contributed by atoms with Crippen LogP contribution in [0, 0.1) is 19.8 Å². The average molecular weight is 392 g/mol. The Balaban J connectivity index is 1.46. The van der Waals surface area contributed by atoms with Gasteiger partial charge in [0, 0.05) is 18.7 Å². The Kier molecular flexibility index (Phi) is 4.84. The van der Waals surface area contributed by atoms with Gasteiger partial charge in [0.25, 0.3) is 5.56 Å². The normalized spacial score (nSPS) is 16.4. The van der Waals surface area contributed by atoms with Crippen molar-refractivity contribution in [3.63, 3.8) is 0 Å². The van der Waals surface area contributed by atoms with Crippen LogP contribution in [0.1, 0.15) is 17.5 Å². The molecule has 1 fully saturated rings. The first-order chi connectivity index (χ1) is 14.0. The largest absolute Gasteiger partial charge is 0.442 e. The highest BCUT2D eigenvalue weighted by molar-refractivity contribution is 6.00. The molecule has 1 aliphatic heterocycles. The first-order valence-corrected chi connectivity index (χ1v) is 9.31. The maximum absolute atomic E-state index is 12.5. The lowest BCUT2D eigenvalue weighted by Crippen LogP contribution is -2.30. The molecule has 8 nitrogen and oxygen atoms in total. The van der Waals surface area contributed by atoms with Crippen LogP contribution in [0.25, 0.3) is 10.9 Å². The zero-order valence-electron chi connectivity index (χ0n) is 16.2. The van der Waals surface area contributed by atoms with E-state index >= 15 is 0 Å². The highest BCUT2D eigenvalue weighted by atomic mass is 16.5. The second-order valence-corrected chi connectivity index (χ2v) is 7.13. The van der Waals surface area contributed by atoms with Gasteiger partial charge in [-0.3, -0.25) is 14.4 Å². The third-order valence-electron chi connectivity index (χ3n) is 5.28. The predicted molar refractivity (Wildman–Crippen MR) is 106 cm³/mol. The Morgan fingerprint density at radius 3 is 2.76 bits per heavy atom. The van der Waals surface area contributed by atoms with Crippen LogP contribution in [0.5, 0.6) is 0 Å². The minimum Gasteiger partial charge on any atom is -0.442 e. The molecule has 1 aromatic heterocycles. The first-order valence-electron chi connectivity index (χ1n) is 9.31. The van der Waals surface area contributed by atoms with Crippen LogP contribution in [-0.4, -0.2) is 33.4 Å². The third-order valence-corrected chi connectivity index (χ3v) is 5.28. The van der Waals surface area contributed by atoms with E-state index in [1.807, 2.05) is 32.0 Å². The minimum atomic E-state index is -0.591. The van der Waals surface area contributed by atoms with Crippen LogP contribution >= 0.6 is 0 Å². The molecule has 29 heavy (non-hydrogen) atoms. The van der Waals surface area contributed by atoms with Crippen molar-refractivity contribution >= 4 is 28.5 Å². The minimum absolute atomic E-state index is 0.0739. The Morgan fingerprint density at radius 2 is 1.93 bits per heavy atom. The Bertz CT molecular complexity index is 1170. The molecule has 3 aromatic rings. The zero-order chi connectivity index (χ0) is 20.5. The summed E-state index contributed by atoms with van der Waals surface area (Å²) in [4.78, 5) is 39.0. The van der Waals surface area contributed by atoms with Gasteiger partial charge in [0.15, 0.2) is 6.73 Å². The van der Waals surface area contributed by atoms with E-state index in [4.69, 9.17) is 4.74 Å². The fourth-order valence-electron chi connectivity index (χ4n) is 3.48. The Labute approximate surface area is 166 Å². The van der Waals surface area contributed by atoms with E-state index in [2.05, 4.69) is 10.3 Å². The van der Waals surface area contributed by atoms with Crippen molar-refractivity contribution in [1.82, 2.24) is 15.0 Å². The summed E-state index contributed by atoms with van der Waals surface area (Å²) in [5.41, 5.74) is 2.99. The van der Waals surface area contributed by atoms with Crippen LogP contribution in [-0.2, 0) is 21.1 Å². The number of rotatable bonds is 4. The summed E-state index contributed by atoms with van der Waals surface area (Å²) in [6.07, 6.45) is 0.0739. The van der Waals surface area contributed by atoms with Crippen LogP contribution < -0.4 is 10.5 Å². The molecule has 0 bridgehead atoms. The lowest BCUT2D eigenvalue weighted by molar-refractivity contribution is -0.152. The van der Waals surface area contributed by atoms with Crippen molar-refractivity contribution in [2.45, 2.75) is 27.0 Å². The SMILES string of the molecule is Cc1cccc(N2CC(C(=O)OCn3nnc4ccccc4c3=O)CC2=O)c1C. The quantitative estimate of drug-likeness (QED) is 0.630. The second-order valence-electron chi connectivity index (χ2n) is 7.13. The number of esters is 1. The molecule has 8 heteroatoms. The van der Waals surface area contributed by atoms with Gasteiger partial charge in [-0.15, -0.1) is 5.10 Å². The number of aryl methyl sites for hydroxylation is 1. The summed E-state index contributed by atoms with van der Waals surface area (Å²) in [5, 5.41) is 8.16. The van der Waals surface area contributed by atoms with Gasteiger partial charge < -0.3 is 9.64 Å². The molecular formula is C21H20N4O4. The van der Waals surface area contributed by atoms with Crippen LogP contribution in [0.4, 0.5) is 5.69 Å². The van der Waals surface area contributed by atoms with Crippen LogP contribution in [0.15, 0.2) is 47.3 Å². The summed E-state index contributed by atoms with van der Waals surface area (Å²) in [5.74, 6) is -1.25. The van der Waals surface area contributed by atoms with Gasteiger partial charge >= 0.3 is 5.97 Å². The summed E-state index contributed by atoms with van der Waals surface area (Å²) in [7, 11) is 0. The molecule has 2 heterocycles. The lowest BCUT2D eigenvalue weighted by atomic mass is 10.1. The van der Waals surface area contributed by atoms with Crippen molar-refractivity contribution in [3.05, 3.63) is 63.9 Å². The smallest absolute Gasteiger partial charge is 0.313 e. The van der Waals surface area contributed by atoms with Gasteiger partial charge in [0.2, 0.25) is 5.91 Å². The molecule has 148 valence electrons. The monoisotopic (exact) mass is 392 g/mol. The fraction of sp³-hybridized carbons (Fsp3) is 0.286. The number of aromatic nitrogens is 3. The molecule has 1 atom stereocenters. The number of carbonyl (C=O) groups is 2. The van der Waals surface area contributed by atoms with Gasteiger partial charge in [0.1, 0.15) is 5.52 Å². The molecule has 2 aromatic carbocycles. The van der Waals surface area contributed by atoms with Crippen LogP contribution in [0.3, 0.4) is 0 Å². The number of hydrogen-bond donors (Lipinski definition) is 0. The summed E-state index contributed by atoms with van der Waals surface area (Å²) < 4.78 is 6.27. The molecule has 1 aliphatic rings. The number of carbonyl (C=O) groups excluding carboxylic acids is 2. The molecule has 0 spiro atoms. The molecule has 1 amide bonds. The van der Waals surface area contributed by atoms with E-state index in [1.54, 1.807) is 29.2 Å². The van der Waals surface area contributed by atoms with Gasteiger partial charge in [-0.25, -0.2) is 0 Å². The molecule has 4 rings (SSSR count). The van der Waals surface area contributed by atoms with Gasteiger partial charge in [0.05, 0.1) is 11.3 Å². The number of ether oxygens (including phenoxy) is 1. The number of amides is 1. The van der Waals surface area contributed by atoms with Crippen molar-refractivity contribution in [2.24, 2.45) is 5.92 Å². The van der Waals surface area contributed by atoms with E-state index in [0.717, 1.165) is 21.5 Å². The standard InChI is InChI=1S/C21H20N4O4/c1-13-6-5-9-18(14(13)2)24-11-15(10-19(24)26)21(28)29-12-25-20(27)16-7-3-4-8-17(16)22-23-25/h3-9,15H,10-12H2,1-2H3. The molecule has 1 unspecified atom stereocenters. The lowest BCUT2D eigenvalue weighted by Gasteiger charge is -2.20. The first kappa shape index (κ1) is 18.8. The number of fused-ring (bicyclic) bond motifs is 1. The summed E-state index contributed by atoms with van der Waals surface area (Å²) in [6.45, 7) is 3.84. The van der Waals surface area contributed by atoms with Crippen molar-refractivity contribution in [2.75, 3.05) is 11.4 Å². The maximum atomic E-state index is 12.5. The zero-order valence-corrected chi connectivity index (χ0v) is 16.2. The van der Waals surface area contributed by atoms with Crippen LogP contribution in [0.2, 0.25) is 0 Å². The number of benzene rings is 2. The molecule has 0 N–H and O–H groups in total. The molecule has 0 saturated carbocycles. The van der Waals surface area contributed by atoms with Gasteiger partial charge in [-0.2, -0.15) is 4.68 Å². The maximum Gasteiger partial charge on any atom is 0.313 e. The molecular weight excluding hydrogens is 372 g/mol. The molecule has 1 saturated heterocycles. The second kappa shape index (κ2) is 7.46. The third kappa shape index (κ3) is 3.49. The molecule has 0 aliphatic carbocycles. The Hall–Kier alpha value is -3.55. The van der Waals surface area contributed by atoms with Crippen molar-refractivity contribution in [1.29, 1.82) is 0 Å². The summed E-state index contributed by atoms with van der Waals surface area (Å²) in [6, 6.07) is 12.6. The van der Waals surface area contributed by atoms with E-state index in [0.29, 0.717) is 10.9 Å². The Morgan fingerprint density at radius 1 is 1.14 bits per heavy atom. The highest BCUT2D eigenvalue weighted by Gasteiger charge is 2.36. The fourth-order valence-corrected chi connectivity index (χ4v) is 3.48. The van der Waals surface area contributed by atoms with Gasteiger partial charge in [-0.05, 0) is 43.2 Å². The van der Waals surface area contributed by atoms with Gasteiger partial charge in [-0.1, -0.05) is 29.5 Å².